The molecular weight excluding hydrogens is 340 g/mol. The van der Waals surface area contributed by atoms with Gasteiger partial charge in [-0.2, -0.15) is 10.1 Å². The Morgan fingerprint density at radius 2 is 1.89 bits per heavy atom. The van der Waals surface area contributed by atoms with Crippen LogP contribution >= 0.6 is 0 Å². The summed E-state index contributed by atoms with van der Waals surface area (Å²) in [6.07, 6.45) is 2.73. The second kappa shape index (κ2) is 8.08. The normalized spacial score (nSPS) is 16.4. The predicted molar refractivity (Wildman–Crippen MR) is 108 cm³/mol. The number of hydrogen-bond acceptors (Lipinski definition) is 4. The number of carbonyl (C=O) groups is 1. The number of carbonyl (C=O) groups excluding carboxylic acids is 1. The SMILES string of the molecule is CCC(C)Oc1c(C=C2C(=O)N(c3ccccc3)N=C2C)cccc1OC. The van der Waals surface area contributed by atoms with Crippen LogP contribution in [0, 0.1) is 0 Å². The molecule has 3 rings (SSSR count). The Kier molecular flexibility index (Phi) is 5.60. The summed E-state index contributed by atoms with van der Waals surface area (Å²) in [5.74, 6) is 1.13. The van der Waals surface area contributed by atoms with E-state index in [0.717, 1.165) is 17.7 Å². The molecule has 1 aliphatic rings. The zero-order valence-electron chi connectivity index (χ0n) is 16.1. The summed E-state index contributed by atoms with van der Waals surface area (Å²) in [6, 6.07) is 15.1. The highest BCUT2D eigenvalue weighted by molar-refractivity contribution is 6.32. The third-order valence-electron chi connectivity index (χ3n) is 4.49. The Morgan fingerprint density at radius 3 is 2.56 bits per heavy atom. The lowest BCUT2D eigenvalue weighted by Crippen LogP contribution is -2.21. The number of para-hydroxylation sites is 2. The molecule has 140 valence electrons. The van der Waals surface area contributed by atoms with Crippen LogP contribution in [0.25, 0.3) is 6.08 Å². The predicted octanol–water partition coefficient (Wildman–Crippen LogP) is 4.68. The maximum absolute atomic E-state index is 12.9. The average molecular weight is 364 g/mol. The molecule has 0 aromatic heterocycles. The van der Waals surface area contributed by atoms with E-state index in [9.17, 15) is 4.79 Å². The quantitative estimate of drug-likeness (QED) is 0.700. The number of anilines is 1. The standard InChI is InChI=1S/C22H24N2O3/c1-5-15(2)27-21-17(10-9-13-20(21)26-4)14-19-16(3)23-24(22(19)25)18-11-7-6-8-12-18/h6-15H,5H2,1-4H3. The fourth-order valence-electron chi connectivity index (χ4n) is 2.80. The summed E-state index contributed by atoms with van der Waals surface area (Å²) in [5.41, 5.74) is 2.75. The highest BCUT2D eigenvalue weighted by atomic mass is 16.5. The molecule has 0 saturated heterocycles. The maximum atomic E-state index is 12.9. The highest BCUT2D eigenvalue weighted by Crippen LogP contribution is 2.35. The number of hydrogen-bond donors (Lipinski definition) is 0. The molecule has 0 fully saturated rings. The van der Waals surface area contributed by atoms with Crippen LogP contribution in [0.15, 0.2) is 59.2 Å². The molecule has 0 bridgehead atoms. The van der Waals surface area contributed by atoms with E-state index in [1.54, 1.807) is 7.11 Å². The van der Waals surface area contributed by atoms with Gasteiger partial charge < -0.3 is 9.47 Å². The van der Waals surface area contributed by atoms with Crippen molar-refractivity contribution in [1.29, 1.82) is 0 Å². The molecule has 2 aromatic carbocycles. The van der Waals surface area contributed by atoms with Gasteiger partial charge in [0, 0.05) is 5.56 Å². The Morgan fingerprint density at radius 1 is 1.15 bits per heavy atom. The Hall–Kier alpha value is -3.08. The van der Waals surface area contributed by atoms with Crippen molar-refractivity contribution >= 4 is 23.4 Å². The van der Waals surface area contributed by atoms with Crippen molar-refractivity contribution in [2.45, 2.75) is 33.3 Å². The van der Waals surface area contributed by atoms with E-state index in [2.05, 4.69) is 12.0 Å². The minimum Gasteiger partial charge on any atom is -0.493 e. The number of benzene rings is 2. The molecule has 0 aliphatic carbocycles. The van der Waals surface area contributed by atoms with Gasteiger partial charge in [-0.15, -0.1) is 0 Å². The first-order valence-corrected chi connectivity index (χ1v) is 9.05. The zero-order valence-corrected chi connectivity index (χ0v) is 16.1. The van der Waals surface area contributed by atoms with Crippen molar-refractivity contribution in [3.63, 3.8) is 0 Å². The van der Waals surface area contributed by atoms with Gasteiger partial charge in [-0.3, -0.25) is 4.79 Å². The molecule has 0 radical (unpaired) electrons. The van der Waals surface area contributed by atoms with E-state index < -0.39 is 0 Å². The third kappa shape index (κ3) is 3.87. The van der Waals surface area contributed by atoms with Gasteiger partial charge in [0.25, 0.3) is 5.91 Å². The van der Waals surface area contributed by atoms with E-state index in [4.69, 9.17) is 9.47 Å². The number of amides is 1. The molecule has 1 heterocycles. The second-order valence-electron chi connectivity index (χ2n) is 6.41. The number of hydrazone groups is 1. The molecule has 1 amide bonds. The van der Waals surface area contributed by atoms with Gasteiger partial charge in [0.2, 0.25) is 0 Å². The maximum Gasteiger partial charge on any atom is 0.280 e. The van der Waals surface area contributed by atoms with Crippen molar-refractivity contribution in [2.75, 3.05) is 12.1 Å². The summed E-state index contributed by atoms with van der Waals surface area (Å²) in [5, 5.41) is 5.85. The van der Waals surface area contributed by atoms with Crippen molar-refractivity contribution in [3.8, 4) is 11.5 Å². The molecule has 2 aromatic rings. The van der Waals surface area contributed by atoms with Crippen molar-refractivity contribution in [1.82, 2.24) is 0 Å². The third-order valence-corrected chi connectivity index (χ3v) is 4.49. The van der Waals surface area contributed by atoms with Gasteiger partial charge in [0.15, 0.2) is 11.5 Å². The lowest BCUT2D eigenvalue weighted by molar-refractivity contribution is -0.114. The smallest absolute Gasteiger partial charge is 0.280 e. The van der Waals surface area contributed by atoms with E-state index in [1.807, 2.05) is 68.5 Å². The van der Waals surface area contributed by atoms with Crippen LogP contribution in [0.3, 0.4) is 0 Å². The summed E-state index contributed by atoms with van der Waals surface area (Å²) < 4.78 is 11.5. The van der Waals surface area contributed by atoms with Crippen LogP contribution in [0.1, 0.15) is 32.8 Å². The average Bonchev–Trinajstić information content (AvgIpc) is 2.97. The molecule has 1 aliphatic heterocycles. The van der Waals surface area contributed by atoms with Crippen molar-refractivity contribution < 1.29 is 14.3 Å². The number of nitrogens with zero attached hydrogens (tertiary/aromatic N) is 2. The lowest BCUT2D eigenvalue weighted by atomic mass is 10.1. The van der Waals surface area contributed by atoms with Crippen LogP contribution < -0.4 is 14.5 Å². The van der Waals surface area contributed by atoms with Crippen LogP contribution in [0.4, 0.5) is 5.69 Å². The van der Waals surface area contributed by atoms with E-state index in [1.165, 1.54) is 5.01 Å². The first-order valence-electron chi connectivity index (χ1n) is 9.05. The summed E-state index contributed by atoms with van der Waals surface area (Å²) >= 11 is 0. The van der Waals surface area contributed by atoms with E-state index in [0.29, 0.717) is 22.8 Å². The van der Waals surface area contributed by atoms with E-state index >= 15 is 0 Å². The first-order chi connectivity index (χ1) is 13.0. The molecule has 1 atom stereocenters. The summed E-state index contributed by atoms with van der Waals surface area (Å²) in [4.78, 5) is 12.9. The highest BCUT2D eigenvalue weighted by Gasteiger charge is 2.29. The van der Waals surface area contributed by atoms with Gasteiger partial charge >= 0.3 is 0 Å². The second-order valence-corrected chi connectivity index (χ2v) is 6.41. The molecule has 0 saturated carbocycles. The number of ether oxygens (including phenoxy) is 2. The van der Waals surface area contributed by atoms with Crippen molar-refractivity contribution in [2.24, 2.45) is 5.10 Å². The van der Waals surface area contributed by atoms with Crippen LogP contribution in [-0.4, -0.2) is 24.8 Å². The Balaban J connectivity index is 2.00. The van der Waals surface area contributed by atoms with Crippen LogP contribution in [-0.2, 0) is 4.79 Å². The van der Waals surface area contributed by atoms with Gasteiger partial charge in [-0.25, -0.2) is 0 Å². The van der Waals surface area contributed by atoms with Crippen LogP contribution in [0.2, 0.25) is 0 Å². The minimum atomic E-state index is -0.156. The molecule has 1 unspecified atom stereocenters. The monoisotopic (exact) mass is 364 g/mol. The van der Waals surface area contributed by atoms with Gasteiger partial charge in [0.05, 0.1) is 30.2 Å². The Bertz CT molecular complexity index is 888. The molecular formula is C22H24N2O3. The van der Waals surface area contributed by atoms with Crippen molar-refractivity contribution in [3.05, 3.63) is 59.7 Å². The lowest BCUT2D eigenvalue weighted by Gasteiger charge is -2.18. The topological polar surface area (TPSA) is 51.1 Å². The number of rotatable bonds is 6. The van der Waals surface area contributed by atoms with Gasteiger partial charge in [0.1, 0.15) is 0 Å². The summed E-state index contributed by atoms with van der Waals surface area (Å²) in [7, 11) is 1.61. The first kappa shape index (κ1) is 18.7. The molecule has 0 N–H and O–H groups in total. The molecule has 27 heavy (non-hydrogen) atoms. The van der Waals surface area contributed by atoms with Gasteiger partial charge in [-0.1, -0.05) is 37.3 Å². The molecule has 0 spiro atoms. The van der Waals surface area contributed by atoms with Gasteiger partial charge in [-0.05, 0) is 44.5 Å². The largest absolute Gasteiger partial charge is 0.493 e. The fourth-order valence-corrected chi connectivity index (χ4v) is 2.80. The molecule has 5 heteroatoms. The molecule has 5 nitrogen and oxygen atoms in total. The fraction of sp³-hybridized carbons (Fsp3) is 0.273. The Labute approximate surface area is 159 Å². The minimum absolute atomic E-state index is 0.0355. The number of methoxy groups -OCH3 is 1. The van der Waals surface area contributed by atoms with Crippen LogP contribution in [0.5, 0.6) is 11.5 Å². The zero-order chi connectivity index (χ0) is 19.4. The van der Waals surface area contributed by atoms with E-state index in [-0.39, 0.29) is 12.0 Å². The summed E-state index contributed by atoms with van der Waals surface area (Å²) in [6.45, 7) is 5.91.